The van der Waals surface area contributed by atoms with E-state index in [1.54, 1.807) is 0 Å². The van der Waals surface area contributed by atoms with Crippen LogP contribution < -0.4 is 5.73 Å². The van der Waals surface area contributed by atoms with E-state index in [4.69, 9.17) is 11.0 Å². The number of hydrogen-bond acceptors (Lipinski definition) is 3. The zero-order valence-electron chi connectivity index (χ0n) is 6.54. The van der Waals surface area contributed by atoms with E-state index in [0.29, 0.717) is 11.3 Å². The molecule has 4 heteroatoms. The summed E-state index contributed by atoms with van der Waals surface area (Å²) in [5, 5.41) is 11.6. The summed E-state index contributed by atoms with van der Waals surface area (Å²) < 4.78 is 1.86. The standard InChI is InChI=1S/C9H5BrN2S/c10-7-2-1-6-5(3-11)4-13-9(6)8(7)12/h1-2,4H,12H2. The monoisotopic (exact) mass is 252 g/mol. The van der Waals surface area contributed by atoms with E-state index < -0.39 is 0 Å². The third kappa shape index (κ3) is 1.21. The quantitative estimate of drug-likeness (QED) is 0.733. The Labute approximate surface area is 87.7 Å². The van der Waals surface area contributed by atoms with E-state index in [-0.39, 0.29) is 0 Å². The summed E-state index contributed by atoms with van der Waals surface area (Å²) in [5.74, 6) is 0. The molecule has 0 fully saturated rings. The second kappa shape index (κ2) is 3.02. The van der Waals surface area contributed by atoms with Crippen molar-refractivity contribution in [3.8, 4) is 6.07 Å². The van der Waals surface area contributed by atoms with Crippen molar-refractivity contribution < 1.29 is 0 Å². The van der Waals surface area contributed by atoms with Crippen molar-refractivity contribution in [1.29, 1.82) is 5.26 Å². The molecular formula is C9H5BrN2S. The summed E-state index contributed by atoms with van der Waals surface area (Å²) in [6.07, 6.45) is 0. The Bertz CT molecular complexity index is 510. The third-order valence-electron chi connectivity index (χ3n) is 1.85. The highest BCUT2D eigenvalue weighted by atomic mass is 79.9. The van der Waals surface area contributed by atoms with E-state index in [1.165, 1.54) is 11.3 Å². The molecule has 0 saturated carbocycles. The summed E-state index contributed by atoms with van der Waals surface area (Å²) in [7, 11) is 0. The summed E-state index contributed by atoms with van der Waals surface area (Å²) in [6, 6.07) is 5.91. The number of fused-ring (bicyclic) bond motifs is 1. The number of halogens is 1. The van der Waals surface area contributed by atoms with E-state index in [1.807, 2.05) is 17.5 Å². The molecule has 1 aromatic carbocycles. The Morgan fingerprint density at radius 2 is 2.23 bits per heavy atom. The SMILES string of the molecule is N#Cc1csc2c(N)c(Br)ccc12. The second-order valence-electron chi connectivity index (χ2n) is 2.60. The van der Waals surface area contributed by atoms with Gasteiger partial charge in [-0.25, -0.2) is 0 Å². The molecule has 1 aromatic heterocycles. The maximum Gasteiger partial charge on any atom is 0.101 e. The minimum absolute atomic E-state index is 0.694. The fraction of sp³-hybridized carbons (Fsp3) is 0. The van der Waals surface area contributed by atoms with Gasteiger partial charge in [0.1, 0.15) is 6.07 Å². The predicted molar refractivity (Wildman–Crippen MR) is 58.7 cm³/mol. The predicted octanol–water partition coefficient (Wildman–Crippen LogP) is 3.12. The van der Waals surface area contributed by atoms with Gasteiger partial charge in [-0.2, -0.15) is 5.26 Å². The molecule has 2 rings (SSSR count). The largest absolute Gasteiger partial charge is 0.397 e. The van der Waals surface area contributed by atoms with E-state index in [9.17, 15) is 0 Å². The molecule has 0 bridgehead atoms. The van der Waals surface area contributed by atoms with E-state index >= 15 is 0 Å². The first-order chi connectivity index (χ1) is 6.24. The van der Waals surface area contributed by atoms with Crippen LogP contribution in [0.25, 0.3) is 10.1 Å². The highest BCUT2D eigenvalue weighted by Gasteiger charge is 2.07. The molecule has 2 N–H and O–H groups in total. The molecule has 0 aliphatic carbocycles. The van der Waals surface area contributed by atoms with Crippen molar-refractivity contribution in [3.05, 3.63) is 27.5 Å². The Balaban J connectivity index is 2.91. The van der Waals surface area contributed by atoms with Crippen LogP contribution >= 0.6 is 27.3 Å². The Hall–Kier alpha value is -1.05. The van der Waals surface area contributed by atoms with Crippen LogP contribution in [0.1, 0.15) is 5.56 Å². The average Bonchev–Trinajstić information content (AvgIpc) is 2.55. The zero-order valence-corrected chi connectivity index (χ0v) is 8.95. The lowest BCUT2D eigenvalue weighted by molar-refractivity contribution is 1.52. The molecule has 0 saturated heterocycles. The summed E-state index contributed by atoms with van der Waals surface area (Å²) in [4.78, 5) is 0. The Morgan fingerprint density at radius 3 is 2.92 bits per heavy atom. The zero-order chi connectivity index (χ0) is 9.42. The van der Waals surface area contributed by atoms with Crippen LogP contribution in [0.2, 0.25) is 0 Å². The van der Waals surface area contributed by atoms with Gasteiger partial charge in [0, 0.05) is 15.2 Å². The number of hydrogen-bond donors (Lipinski definition) is 1. The van der Waals surface area contributed by atoms with Crippen molar-refractivity contribution in [3.63, 3.8) is 0 Å². The lowest BCUT2D eigenvalue weighted by Crippen LogP contribution is -1.85. The molecule has 0 aliphatic rings. The number of anilines is 1. The number of nitrogens with two attached hydrogens (primary N) is 1. The number of benzene rings is 1. The molecule has 0 aliphatic heterocycles. The van der Waals surface area contributed by atoms with Crippen LogP contribution in [0.4, 0.5) is 5.69 Å². The van der Waals surface area contributed by atoms with Gasteiger partial charge in [0.2, 0.25) is 0 Å². The molecule has 0 atom stereocenters. The Kier molecular flexibility index (Phi) is 1.98. The van der Waals surface area contributed by atoms with E-state index in [2.05, 4.69) is 22.0 Å². The van der Waals surface area contributed by atoms with Gasteiger partial charge in [-0.05, 0) is 22.0 Å². The summed E-state index contributed by atoms with van der Waals surface area (Å²) >= 11 is 4.85. The van der Waals surface area contributed by atoms with Crippen LogP contribution in [-0.2, 0) is 0 Å². The van der Waals surface area contributed by atoms with Gasteiger partial charge in [0.25, 0.3) is 0 Å². The van der Waals surface area contributed by atoms with Crippen LogP contribution in [0.5, 0.6) is 0 Å². The molecule has 0 spiro atoms. The maximum absolute atomic E-state index is 8.79. The first-order valence-electron chi connectivity index (χ1n) is 3.59. The van der Waals surface area contributed by atoms with E-state index in [0.717, 1.165) is 14.6 Å². The van der Waals surface area contributed by atoms with Gasteiger partial charge in [-0.3, -0.25) is 0 Å². The first-order valence-corrected chi connectivity index (χ1v) is 5.26. The van der Waals surface area contributed by atoms with Gasteiger partial charge < -0.3 is 5.73 Å². The van der Waals surface area contributed by atoms with Crippen molar-refractivity contribution in [2.75, 3.05) is 5.73 Å². The van der Waals surface area contributed by atoms with Crippen LogP contribution in [0.15, 0.2) is 22.0 Å². The van der Waals surface area contributed by atoms with Crippen LogP contribution in [0.3, 0.4) is 0 Å². The topological polar surface area (TPSA) is 49.8 Å². The minimum Gasteiger partial charge on any atom is -0.397 e. The van der Waals surface area contributed by atoms with Gasteiger partial charge in [0.05, 0.1) is 16.0 Å². The van der Waals surface area contributed by atoms with Gasteiger partial charge >= 0.3 is 0 Å². The summed E-state index contributed by atoms with van der Waals surface area (Å²) in [6.45, 7) is 0. The number of thiophene rings is 1. The van der Waals surface area contributed by atoms with Crippen molar-refractivity contribution in [2.45, 2.75) is 0 Å². The Morgan fingerprint density at radius 1 is 1.46 bits per heavy atom. The molecule has 0 amide bonds. The molecule has 64 valence electrons. The lowest BCUT2D eigenvalue weighted by atomic mass is 10.2. The lowest BCUT2D eigenvalue weighted by Gasteiger charge is -1.98. The third-order valence-corrected chi connectivity index (χ3v) is 3.57. The number of nitrogens with zero attached hydrogens (tertiary/aromatic N) is 1. The molecule has 0 unspecified atom stereocenters. The molecule has 2 aromatic rings. The minimum atomic E-state index is 0.694. The van der Waals surface area contributed by atoms with Crippen LogP contribution in [0, 0.1) is 11.3 Å². The number of nitrogen functional groups attached to an aromatic ring is 1. The van der Waals surface area contributed by atoms with Gasteiger partial charge in [-0.1, -0.05) is 6.07 Å². The number of nitriles is 1. The van der Waals surface area contributed by atoms with Gasteiger partial charge in [0.15, 0.2) is 0 Å². The molecular weight excluding hydrogens is 248 g/mol. The fourth-order valence-electron chi connectivity index (χ4n) is 1.18. The van der Waals surface area contributed by atoms with Crippen molar-refractivity contribution in [1.82, 2.24) is 0 Å². The summed E-state index contributed by atoms with van der Waals surface area (Å²) in [5.41, 5.74) is 7.25. The average molecular weight is 253 g/mol. The highest BCUT2D eigenvalue weighted by molar-refractivity contribution is 9.10. The molecule has 13 heavy (non-hydrogen) atoms. The van der Waals surface area contributed by atoms with Crippen LogP contribution in [-0.4, -0.2) is 0 Å². The van der Waals surface area contributed by atoms with Gasteiger partial charge in [-0.15, -0.1) is 11.3 Å². The normalized spacial score (nSPS) is 10.2. The highest BCUT2D eigenvalue weighted by Crippen LogP contribution is 2.34. The molecule has 0 radical (unpaired) electrons. The maximum atomic E-state index is 8.79. The smallest absolute Gasteiger partial charge is 0.101 e. The number of rotatable bonds is 0. The van der Waals surface area contributed by atoms with Crippen molar-refractivity contribution >= 4 is 43.0 Å². The molecule has 1 heterocycles. The second-order valence-corrected chi connectivity index (χ2v) is 4.33. The fourth-order valence-corrected chi connectivity index (χ4v) is 2.60. The van der Waals surface area contributed by atoms with Crippen molar-refractivity contribution in [2.24, 2.45) is 0 Å². The molecule has 2 nitrogen and oxygen atoms in total. The first kappa shape index (κ1) is 8.54.